The second kappa shape index (κ2) is 7.14. The highest BCUT2D eigenvalue weighted by Crippen LogP contribution is 2.52. The Hall–Kier alpha value is -2.52. The van der Waals surface area contributed by atoms with E-state index in [4.69, 9.17) is 19.9 Å². The summed E-state index contributed by atoms with van der Waals surface area (Å²) in [5.41, 5.74) is 7.72. The molecule has 1 amide bonds. The van der Waals surface area contributed by atoms with E-state index in [2.05, 4.69) is 0 Å². The van der Waals surface area contributed by atoms with Gasteiger partial charge in [-0.15, -0.1) is 11.8 Å². The van der Waals surface area contributed by atoms with E-state index in [9.17, 15) is 14.4 Å². The van der Waals surface area contributed by atoms with Crippen molar-refractivity contribution in [3.05, 3.63) is 41.1 Å². The molecule has 3 aliphatic rings. The summed E-state index contributed by atoms with van der Waals surface area (Å²) in [5.74, 6) is -0.524. The molecule has 4 rings (SSSR count). The van der Waals surface area contributed by atoms with E-state index in [0.717, 1.165) is 11.1 Å². The minimum Gasteiger partial charge on any atom is -0.497 e. The molecular formula is C19H20N2O6S. The number of nitrogens with two attached hydrogens (primary N) is 1. The van der Waals surface area contributed by atoms with E-state index in [1.54, 1.807) is 31.4 Å². The van der Waals surface area contributed by atoms with Gasteiger partial charge in [0.25, 0.3) is 0 Å². The van der Waals surface area contributed by atoms with Crippen LogP contribution in [0.4, 0.5) is 0 Å². The highest BCUT2D eigenvalue weighted by molar-refractivity contribution is 8.01. The van der Waals surface area contributed by atoms with Crippen LogP contribution in [-0.4, -0.2) is 52.6 Å². The monoisotopic (exact) mass is 404 g/mol. The molecule has 9 heteroatoms. The van der Waals surface area contributed by atoms with Crippen molar-refractivity contribution < 1.29 is 28.6 Å². The molecule has 2 N–H and O–H groups in total. The highest BCUT2D eigenvalue weighted by Gasteiger charge is 2.59. The largest absolute Gasteiger partial charge is 0.497 e. The fourth-order valence-electron chi connectivity index (χ4n) is 3.56. The first-order valence-electron chi connectivity index (χ1n) is 8.85. The molecule has 2 aliphatic heterocycles. The smallest absolute Gasteiger partial charge is 0.355 e. The maximum Gasteiger partial charge on any atom is 0.355 e. The predicted octanol–water partition coefficient (Wildman–Crippen LogP) is 0.939. The average molecular weight is 404 g/mol. The van der Waals surface area contributed by atoms with E-state index in [-0.39, 0.29) is 40.9 Å². The molecule has 0 aromatic heterocycles. The first-order chi connectivity index (χ1) is 13.4. The molecule has 4 atom stereocenters. The molecule has 148 valence electrons. The van der Waals surface area contributed by atoms with Crippen molar-refractivity contribution in [2.75, 3.05) is 7.11 Å². The van der Waals surface area contributed by atoms with Gasteiger partial charge in [0.05, 0.1) is 12.4 Å². The maximum atomic E-state index is 12.8. The quantitative estimate of drug-likeness (QED) is 0.571. The first kappa shape index (κ1) is 18.8. The number of hydrogen-bond donors (Lipinski definition) is 1. The number of fused-ring (bicyclic) bond motifs is 2. The highest BCUT2D eigenvalue weighted by atomic mass is 32.2. The second-order valence-corrected chi connectivity index (χ2v) is 8.09. The van der Waals surface area contributed by atoms with Gasteiger partial charge in [-0.1, -0.05) is 12.1 Å². The number of β-lactam (4-membered cyclic amide) rings is 1. The third-order valence-corrected chi connectivity index (χ3v) is 6.72. The van der Waals surface area contributed by atoms with E-state index in [1.807, 2.05) is 0 Å². The van der Waals surface area contributed by atoms with Gasteiger partial charge in [-0.05, 0) is 23.3 Å². The van der Waals surface area contributed by atoms with Crippen LogP contribution in [0, 0.1) is 0 Å². The minimum absolute atomic E-state index is 0.0730. The Morgan fingerprint density at radius 1 is 1.29 bits per heavy atom. The number of methoxy groups -OCH3 is 1. The molecule has 2 heterocycles. The summed E-state index contributed by atoms with van der Waals surface area (Å²) in [6.45, 7) is 1.42. The maximum absolute atomic E-state index is 12.8. The van der Waals surface area contributed by atoms with Gasteiger partial charge in [-0.25, -0.2) is 4.79 Å². The van der Waals surface area contributed by atoms with Crippen LogP contribution < -0.4 is 10.5 Å². The molecule has 1 saturated carbocycles. The van der Waals surface area contributed by atoms with E-state index in [0.29, 0.717) is 12.2 Å². The Labute approximate surface area is 166 Å². The summed E-state index contributed by atoms with van der Waals surface area (Å²) in [4.78, 5) is 37.7. The first-order valence-corrected chi connectivity index (χ1v) is 9.79. The van der Waals surface area contributed by atoms with Crippen molar-refractivity contribution in [1.29, 1.82) is 0 Å². The lowest BCUT2D eigenvalue weighted by atomic mass is 9.84. The fraction of sp³-hybridized carbons (Fsp3) is 0.421. The lowest BCUT2D eigenvalue weighted by molar-refractivity contribution is -0.153. The Balaban J connectivity index is 1.51. The molecule has 0 bridgehead atoms. The van der Waals surface area contributed by atoms with Crippen molar-refractivity contribution >= 4 is 29.6 Å². The SMILES string of the molecule is COc1ccc(COC(=O)C2=C3C[C@H](OC(C)=O)[C@@H]3S[C@@H]3[C@H](N)C(=O)N23)cc1. The number of amides is 1. The minimum atomic E-state index is -0.672. The number of benzene rings is 1. The van der Waals surface area contributed by atoms with Gasteiger partial charge in [-0.3, -0.25) is 14.5 Å². The normalized spacial score (nSPS) is 27.8. The van der Waals surface area contributed by atoms with Crippen molar-refractivity contribution in [2.45, 2.75) is 42.7 Å². The van der Waals surface area contributed by atoms with Gasteiger partial charge in [0, 0.05) is 13.3 Å². The van der Waals surface area contributed by atoms with Crippen LogP contribution in [-0.2, 0) is 30.5 Å². The van der Waals surface area contributed by atoms with Gasteiger partial charge >= 0.3 is 11.9 Å². The van der Waals surface area contributed by atoms with Crippen LogP contribution in [0.1, 0.15) is 18.9 Å². The van der Waals surface area contributed by atoms with Gasteiger partial charge in [0.15, 0.2) is 0 Å². The van der Waals surface area contributed by atoms with Crippen LogP contribution in [0.25, 0.3) is 0 Å². The third-order valence-electron chi connectivity index (χ3n) is 5.06. The second-order valence-electron chi connectivity index (χ2n) is 6.83. The molecular weight excluding hydrogens is 384 g/mol. The van der Waals surface area contributed by atoms with Gasteiger partial charge in [-0.2, -0.15) is 0 Å². The van der Waals surface area contributed by atoms with E-state index >= 15 is 0 Å². The Morgan fingerprint density at radius 2 is 2.00 bits per heavy atom. The molecule has 2 fully saturated rings. The lowest BCUT2D eigenvalue weighted by Crippen LogP contribution is -2.71. The van der Waals surface area contributed by atoms with Gasteiger partial charge in [0.1, 0.15) is 35.6 Å². The third kappa shape index (κ3) is 3.04. The molecule has 1 aromatic carbocycles. The molecule has 0 radical (unpaired) electrons. The molecule has 1 aromatic rings. The van der Waals surface area contributed by atoms with E-state index in [1.165, 1.54) is 23.6 Å². The van der Waals surface area contributed by atoms with Crippen molar-refractivity contribution in [1.82, 2.24) is 4.90 Å². The zero-order valence-electron chi connectivity index (χ0n) is 15.4. The number of ether oxygens (including phenoxy) is 3. The zero-order chi connectivity index (χ0) is 20.0. The van der Waals surface area contributed by atoms with Crippen LogP contribution in [0.2, 0.25) is 0 Å². The summed E-state index contributed by atoms with van der Waals surface area (Å²) in [7, 11) is 1.58. The Bertz CT molecular complexity index is 868. The summed E-state index contributed by atoms with van der Waals surface area (Å²) >= 11 is 1.46. The average Bonchev–Trinajstić information content (AvgIpc) is 2.69. The Kier molecular flexibility index (Phi) is 4.80. The number of carbonyl (C=O) groups excluding carboxylic acids is 3. The van der Waals surface area contributed by atoms with E-state index < -0.39 is 12.0 Å². The number of carbonyl (C=O) groups is 3. The molecule has 1 aliphatic carbocycles. The number of hydrogen-bond acceptors (Lipinski definition) is 8. The van der Waals surface area contributed by atoms with Crippen molar-refractivity contribution in [3.63, 3.8) is 0 Å². The van der Waals surface area contributed by atoms with Gasteiger partial charge in [0.2, 0.25) is 5.91 Å². The number of thioether (sulfide) groups is 1. The van der Waals surface area contributed by atoms with Crippen LogP contribution in [0.15, 0.2) is 35.5 Å². The van der Waals surface area contributed by atoms with Gasteiger partial charge < -0.3 is 19.9 Å². The number of rotatable bonds is 5. The fourth-order valence-corrected chi connectivity index (χ4v) is 5.18. The zero-order valence-corrected chi connectivity index (χ0v) is 16.2. The lowest BCUT2D eigenvalue weighted by Gasteiger charge is -2.54. The standard InChI is InChI=1S/C19H20N2O6S/c1-9(22)27-13-7-12-15(21-17(23)14(20)18(21)28-16(12)13)19(24)26-8-10-3-5-11(25-2)6-4-10/h3-6,13-14,16,18H,7-8,20H2,1-2H3/t13-,14+,16+,18+/m0/s1. The van der Waals surface area contributed by atoms with Crippen molar-refractivity contribution in [3.8, 4) is 5.75 Å². The topological polar surface area (TPSA) is 108 Å². The van der Waals surface area contributed by atoms with Crippen LogP contribution in [0.5, 0.6) is 5.75 Å². The molecule has 1 saturated heterocycles. The molecule has 0 unspecified atom stereocenters. The summed E-state index contributed by atoms with van der Waals surface area (Å²) in [6.07, 6.45) is 0.0996. The van der Waals surface area contributed by atoms with Crippen LogP contribution >= 0.6 is 11.8 Å². The van der Waals surface area contributed by atoms with Crippen molar-refractivity contribution in [2.24, 2.45) is 5.73 Å². The molecule has 0 spiro atoms. The predicted molar refractivity (Wildman–Crippen MR) is 100.0 cm³/mol. The van der Waals surface area contributed by atoms with Crippen LogP contribution in [0.3, 0.4) is 0 Å². The molecule has 8 nitrogen and oxygen atoms in total. The number of esters is 2. The summed E-state index contributed by atoms with van der Waals surface area (Å²) in [6, 6.07) is 6.49. The molecule has 28 heavy (non-hydrogen) atoms. The summed E-state index contributed by atoms with van der Waals surface area (Å²) in [5, 5.41) is -0.518. The number of nitrogens with zero attached hydrogens (tertiary/aromatic N) is 1. The summed E-state index contributed by atoms with van der Waals surface area (Å²) < 4.78 is 15.9. The Morgan fingerprint density at radius 3 is 2.64 bits per heavy atom.